The van der Waals surface area contributed by atoms with E-state index in [4.69, 9.17) is 20.9 Å². The van der Waals surface area contributed by atoms with Crippen molar-refractivity contribution < 1.29 is 28.3 Å². The van der Waals surface area contributed by atoms with Gasteiger partial charge in [0.25, 0.3) is 0 Å². The number of nitrogens with one attached hydrogen (secondary N) is 1. The first-order valence-corrected chi connectivity index (χ1v) is 10.6. The number of likely N-dealkylation sites (tertiary alicyclic amines) is 1. The number of halogens is 2. The average Bonchev–Trinajstić information content (AvgIpc) is 3.61. The van der Waals surface area contributed by atoms with E-state index < -0.39 is 35.8 Å². The Morgan fingerprint density at radius 1 is 1.39 bits per heavy atom. The maximum Gasteiger partial charge on any atom is 0.353 e. The first-order valence-electron chi connectivity index (χ1n) is 10.6. The summed E-state index contributed by atoms with van der Waals surface area (Å²) in [6.45, 7) is 2.75. The normalized spacial score (nSPS) is 24.7. The zero-order chi connectivity index (χ0) is 22.9. The average molecular weight is 441 g/mol. The number of carbonyl (C=O) groups is 2. The molecule has 2 saturated carbocycles. The molecule has 2 aliphatic carbocycles. The summed E-state index contributed by atoms with van der Waals surface area (Å²) in [7, 11) is 0. The summed E-state index contributed by atoms with van der Waals surface area (Å²) in [4.78, 5) is 30.0. The lowest BCUT2D eigenvalue weighted by atomic mass is 9.87. The van der Waals surface area contributed by atoms with Gasteiger partial charge in [0.2, 0.25) is 11.8 Å². The molecule has 1 atom stereocenters. The Labute approximate surface area is 179 Å². The van der Waals surface area contributed by atoms with Gasteiger partial charge in [-0.25, -0.2) is 13.6 Å². The van der Waals surface area contributed by atoms with Gasteiger partial charge in [-0.15, -0.1) is 0 Å². The van der Waals surface area contributed by atoms with Crippen molar-refractivity contribution in [3.05, 3.63) is 0 Å². The van der Waals surface area contributed by atoms with E-state index in [0.717, 1.165) is 32.0 Å². The maximum atomic E-state index is 12.5. The minimum atomic E-state index is -2.97. The molecule has 31 heavy (non-hydrogen) atoms. The van der Waals surface area contributed by atoms with E-state index in [1.165, 1.54) is 12.8 Å². The summed E-state index contributed by atoms with van der Waals surface area (Å²) in [5.74, 6) is -4.60. The molecule has 3 fully saturated rings. The molecule has 4 N–H and O–H groups in total. The van der Waals surface area contributed by atoms with Gasteiger partial charge in [-0.05, 0) is 32.6 Å². The first kappa shape index (κ1) is 23.3. The second-order valence-corrected chi connectivity index (χ2v) is 9.13. The second-order valence-electron chi connectivity index (χ2n) is 9.13. The van der Waals surface area contributed by atoms with Crippen LogP contribution in [0.25, 0.3) is 0 Å². The Bertz CT molecular complexity index is 775. The number of rotatable bonds is 6. The van der Waals surface area contributed by atoms with Gasteiger partial charge in [-0.1, -0.05) is 5.16 Å². The van der Waals surface area contributed by atoms with Crippen LogP contribution in [0, 0.1) is 11.3 Å². The van der Waals surface area contributed by atoms with Gasteiger partial charge < -0.3 is 25.9 Å². The summed E-state index contributed by atoms with van der Waals surface area (Å²) >= 11 is 0. The Morgan fingerprint density at radius 2 is 2.00 bits per heavy atom. The van der Waals surface area contributed by atoms with Gasteiger partial charge in [0.1, 0.15) is 11.1 Å². The number of carbonyl (C=O) groups excluding carboxylic acids is 1. The Kier molecular flexibility index (Phi) is 6.53. The number of oxime groups is 1. The topological polar surface area (TPSA) is 141 Å². The highest BCUT2D eigenvalue weighted by Crippen LogP contribution is 2.38. The Hall–Kier alpha value is -2.32. The zero-order valence-corrected chi connectivity index (χ0v) is 17.6. The molecule has 4 aliphatic rings. The predicted molar refractivity (Wildman–Crippen MR) is 106 cm³/mol. The third-order valence-electron chi connectivity index (χ3n) is 6.10. The molecule has 0 aromatic heterocycles. The second kappa shape index (κ2) is 8.67. The van der Waals surface area contributed by atoms with Crippen molar-refractivity contribution in [2.24, 2.45) is 10.9 Å². The molecule has 1 saturated heterocycles. The molecule has 1 spiro atoms. The number of hydrogen-bond donors (Lipinski definition) is 3. The summed E-state index contributed by atoms with van der Waals surface area (Å²) in [6.07, 6.45) is 5.35. The highest BCUT2D eigenvalue weighted by atomic mass is 19.3. The van der Waals surface area contributed by atoms with Crippen LogP contribution < -0.4 is 11.1 Å². The molecular weight excluding hydrogens is 412 g/mol. The molecule has 2 aliphatic heterocycles. The van der Waals surface area contributed by atoms with Gasteiger partial charge >= 0.3 is 5.97 Å². The van der Waals surface area contributed by atoms with Crippen molar-refractivity contribution in [1.29, 1.82) is 5.26 Å². The number of nitrogens with zero attached hydrogens (tertiary/aromatic N) is 3. The molecule has 0 bridgehead atoms. The van der Waals surface area contributed by atoms with Gasteiger partial charge in [0.15, 0.2) is 5.71 Å². The van der Waals surface area contributed by atoms with Gasteiger partial charge in [-0.2, -0.15) is 5.26 Å². The summed E-state index contributed by atoms with van der Waals surface area (Å²) in [6, 6.07) is 1.45. The van der Waals surface area contributed by atoms with Crippen molar-refractivity contribution in [2.45, 2.75) is 87.4 Å². The van der Waals surface area contributed by atoms with Crippen molar-refractivity contribution >= 4 is 17.6 Å². The fourth-order valence-corrected chi connectivity index (χ4v) is 3.84. The first-order chi connectivity index (χ1) is 14.5. The van der Waals surface area contributed by atoms with E-state index in [1.54, 1.807) is 0 Å². The molecule has 0 aromatic carbocycles. The van der Waals surface area contributed by atoms with Crippen LogP contribution in [0.3, 0.4) is 0 Å². The number of carboxylic acid groups (broad SMARTS) is 1. The third kappa shape index (κ3) is 6.33. The number of nitriles is 1. The van der Waals surface area contributed by atoms with Gasteiger partial charge in [0.05, 0.1) is 12.1 Å². The fraction of sp³-hybridized carbons (Fsp3) is 0.800. The van der Waals surface area contributed by atoms with E-state index in [-0.39, 0.29) is 11.3 Å². The fourth-order valence-electron chi connectivity index (χ4n) is 3.84. The smallest absolute Gasteiger partial charge is 0.353 e. The van der Waals surface area contributed by atoms with Crippen molar-refractivity contribution in [2.75, 3.05) is 13.1 Å². The lowest BCUT2D eigenvalue weighted by Crippen LogP contribution is -2.48. The zero-order valence-electron chi connectivity index (χ0n) is 17.6. The number of hydrogen-bond acceptors (Lipinski definition) is 7. The molecule has 11 heteroatoms. The molecule has 9 nitrogen and oxygen atoms in total. The van der Waals surface area contributed by atoms with Crippen molar-refractivity contribution in [3.63, 3.8) is 0 Å². The molecule has 172 valence electrons. The Balaban J connectivity index is 0.000000176. The van der Waals surface area contributed by atoms with Crippen LogP contribution in [0.2, 0.25) is 0 Å². The summed E-state index contributed by atoms with van der Waals surface area (Å²) in [5, 5.41) is 23.6. The molecule has 2 heterocycles. The SMILES string of the molecule is CC(F)(F)C[C@H](N)C(=O)NC1(C#N)CC1.O=C(O)C1=NOC2(CCN(C3CC3)CC2)C1. The maximum absolute atomic E-state index is 12.5. The highest BCUT2D eigenvalue weighted by Gasteiger charge is 2.46. The number of piperidine rings is 1. The molecule has 1 amide bonds. The minimum Gasteiger partial charge on any atom is -0.477 e. The standard InChI is InChI=1S/C11H16N2O3.C9H13F2N3O/c14-10(15)9-7-11(16-12-9)3-5-13(6-4-11)8-1-2-8;1-8(10,11)4-6(13)7(15)14-9(5-12)2-3-9/h8H,1-7H2,(H,14,15);6H,2-4,13H2,1H3,(H,14,15)/t;6-/m.0/s1. The van der Waals surface area contributed by atoms with Gasteiger partial charge in [0, 0.05) is 44.8 Å². The summed E-state index contributed by atoms with van der Waals surface area (Å²) in [5.41, 5.74) is 4.32. The number of carboxylic acids is 1. The quantitative estimate of drug-likeness (QED) is 0.565. The van der Waals surface area contributed by atoms with Crippen LogP contribution in [-0.2, 0) is 14.4 Å². The number of amides is 1. The van der Waals surface area contributed by atoms with E-state index >= 15 is 0 Å². The van der Waals surface area contributed by atoms with Crippen LogP contribution in [0.15, 0.2) is 5.16 Å². The number of nitrogens with two attached hydrogens (primary N) is 1. The lowest BCUT2D eigenvalue weighted by Gasteiger charge is -2.37. The van der Waals surface area contributed by atoms with Gasteiger partial charge in [-0.3, -0.25) is 4.79 Å². The van der Waals surface area contributed by atoms with Crippen LogP contribution in [0.4, 0.5) is 8.78 Å². The highest BCUT2D eigenvalue weighted by molar-refractivity contribution is 6.36. The van der Waals surface area contributed by atoms with E-state index in [0.29, 0.717) is 26.2 Å². The number of alkyl halides is 2. The summed E-state index contributed by atoms with van der Waals surface area (Å²) < 4.78 is 25.1. The molecule has 0 radical (unpaired) electrons. The largest absolute Gasteiger partial charge is 0.477 e. The number of aliphatic carboxylic acids is 1. The Morgan fingerprint density at radius 3 is 2.42 bits per heavy atom. The van der Waals surface area contributed by atoms with Crippen molar-refractivity contribution in [3.8, 4) is 6.07 Å². The van der Waals surface area contributed by atoms with E-state index in [9.17, 15) is 18.4 Å². The van der Waals surface area contributed by atoms with Crippen LogP contribution >= 0.6 is 0 Å². The monoisotopic (exact) mass is 441 g/mol. The van der Waals surface area contributed by atoms with Crippen molar-refractivity contribution in [1.82, 2.24) is 10.2 Å². The molecule has 0 unspecified atom stereocenters. The van der Waals surface area contributed by atoms with Crippen LogP contribution in [0.1, 0.15) is 58.3 Å². The molecular formula is C20H29F2N5O4. The molecule has 4 rings (SSSR count). The van der Waals surface area contributed by atoms with Crippen LogP contribution in [-0.4, -0.2) is 69.8 Å². The predicted octanol–water partition coefficient (Wildman–Crippen LogP) is 1.38. The lowest BCUT2D eigenvalue weighted by molar-refractivity contribution is -0.129. The molecule has 0 aromatic rings. The van der Waals surface area contributed by atoms with E-state index in [2.05, 4.69) is 15.4 Å². The third-order valence-corrected chi connectivity index (χ3v) is 6.10. The van der Waals surface area contributed by atoms with Crippen LogP contribution in [0.5, 0.6) is 0 Å². The minimum absolute atomic E-state index is 0.180. The van der Waals surface area contributed by atoms with E-state index in [1.807, 2.05) is 6.07 Å².